The summed E-state index contributed by atoms with van der Waals surface area (Å²) < 4.78 is 5.33. The van der Waals surface area contributed by atoms with Crippen molar-refractivity contribution in [2.24, 2.45) is 0 Å². The van der Waals surface area contributed by atoms with Crippen molar-refractivity contribution in [1.82, 2.24) is 15.6 Å². The van der Waals surface area contributed by atoms with E-state index in [1.54, 1.807) is 0 Å². The van der Waals surface area contributed by atoms with Gasteiger partial charge in [-0.25, -0.2) is 4.79 Å². The summed E-state index contributed by atoms with van der Waals surface area (Å²) in [5.41, 5.74) is 0.725. The third-order valence-electron chi connectivity index (χ3n) is 3.82. The van der Waals surface area contributed by atoms with Crippen molar-refractivity contribution in [3.63, 3.8) is 0 Å². The van der Waals surface area contributed by atoms with Crippen LogP contribution in [0.1, 0.15) is 39.2 Å². The van der Waals surface area contributed by atoms with E-state index in [4.69, 9.17) is 4.74 Å². The van der Waals surface area contributed by atoms with E-state index in [-0.39, 0.29) is 11.5 Å². The Hall–Kier alpha value is -1.62. The van der Waals surface area contributed by atoms with Crippen LogP contribution in [-0.2, 0) is 10.2 Å². The molecule has 0 spiro atoms. The second-order valence-electron chi connectivity index (χ2n) is 6.62. The van der Waals surface area contributed by atoms with Crippen molar-refractivity contribution in [1.29, 1.82) is 0 Å². The van der Waals surface area contributed by atoms with Crippen LogP contribution in [0.5, 0.6) is 0 Å². The number of nitrogens with zero attached hydrogens (tertiary/aromatic N) is 1. The van der Waals surface area contributed by atoms with E-state index in [9.17, 15) is 4.79 Å². The van der Waals surface area contributed by atoms with Crippen LogP contribution in [0, 0.1) is 0 Å². The van der Waals surface area contributed by atoms with Crippen LogP contribution < -0.4 is 10.6 Å². The fourth-order valence-electron chi connectivity index (χ4n) is 2.73. The lowest BCUT2D eigenvalue weighted by atomic mass is 9.73. The van der Waals surface area contributed by atoms with Gasteiger partial charge in [0, 0.05) is 24.4 Å². The lowest BCUT2D eigenvalue weighted by Crippen LogP contribution is -2.48. The molecular weight excluding hydrogens is 266 g/mol. The summed E-state index contributed by atoms with van der Waals surface area (Å²) in [7, 11) is 0. The first kappa shape index (κ1) is 15.8. The van der Waals surface area contributed by atoms with Crippen LogP contribution in [0.25, 0.3) is 0 Å². The van der Waals surface area contributed by atoms with Crippen LogP contribution in [0.4, 0.5) is 4.79 Å². The number of piperidine rings is 1. The minimum Gasteiger partial charge on any atom is -0.444 e. The Kier molecular flexibility index (Phi) is 4.83. The maximum Gasteiger partial charge on any atom is 0.407 e. The molecule has 1 aliphatic heterocycles. The highest BCUT2D eigenvalue weighted by Gasteiger charge is 2.34. The van der Waals surface area contributed by atoms with E-state index in [0.717, 1.165) is 25.9 Å². The van der Waals surface area contributed by atoms with Gasteiger partial charge in [0.15, 0.2) is 0 Å². The maximum absolute atomic E-state index is 11.9. The standard InChI is InChI=1S/C16H25N3O2/c1-15(2,3)21-14(20)19-12-16(6-10-18-11-7-16)13-4-8-17-9-5-13/h4-5,8-9,18H,6-7,10-12H2,1-3H3,(H,19,20). The summed E-state index contributed by atoms with van der Waals surface area (Å²) in [6.07, 6.45) is 5.26. The molecule has 21 heavy (non-hydrogen) atoms. The summed E-state index contributed by atoms with van der Waals surface area (Å²) >= 11 is 0. The molecule has 0 atom stereocenters. The molecule has 0 aromatic carbocycles. The Morgan fingerprint density at radius 1 is 1.33 bits per heavy atom. The Labute approximate surface area is 126 Å². The zero-order chi connectivity index (χ0) is 15.3. The van der Waals surface area contributed by atoms with Crippen molar-refractivity contribution in [2.45, 2.75) is 44.6 Å². The molecule has 1 fully saturated rings. The number of alkyl carbamates (subject to hydrolysis) is 1. The van der Waals surface area contributed by atoms with E-state index in [0.29, 0.717) is 6.54 Å². The lowest BCUT2D eigenvalue weighted by Gasteiger charge is -2.38. The minimum atomic E-state index is -0.470. The summed E-state index contributed by atoms with van der Waals surface area (Å²) in [4.78, 5) is 16.0. The van der Waals surface area contributed by atoms with Gasteiger partial charge < -0.3 is 15.4 Å². The molecule has 5 nitrogen and oxygen atoms in total. The van der Waals surface area contributed by atoms with Crippen molar-refractivity contribution >= 4 is 6.09 Å². The number of pyridine rings is 1. The first-order chi connectivity index (χ1) is 9.91. The fourth-order valence-corrected chi connectivity index (χ4v) is 2.73. The Bertz CT molecular complexity index is 462. The normalized spacial score (nSPS) is 18.0. The number of hydrogen-bond donors (Lipinski definition) is 2. The van der Waals surface area contributed by atoms with Crippen LogP contribution >= 0.6 is 0 Å². The molecule has 2 rings (SSSR count). The monoisotopic (exact) mass is 291 g/mol. The highest BCUT2D eigenvalue weighted by molar-refractivity contribution is 5.67. The minimum absolute atomic E-state index is 0.0366. The Morgan fingerprint density at radius 3 is 2.52 bits per heavy atom. The van der Waals surface area contributed by atoms with Gasteiger partial charge >= 0.3 is 6.09 Å². The number of rotatable bonds is 3. The molecule has 1 amide bonds. The summed E-state index contributed by atoms with van der Waals surface area (Å²) in [6.45, 7) is 8.12. The molecule has 2 N–H and O–H groups in total. The molecule has 0 radical (unpaired) electrons. The SMILES string of the molecule is CC(C)(C)OC(=O)NCC1(c2ccncc2)CCNCC1. The van der Waals surface area contributed by atoms with Gasteiger partial charge in [0.2, 0.25) is 0 Å². The number of carbonyl (C=O) groups is 1. The van der Waals surface area contributed by atoms with E-state index < -0.39 is 5.60 Å². The van der Waals surface area contributed by atoms with E-state index in [1.807, 2.05) is 45.3 Å². The molecule has 0 aliphatic carbocycles. The zero-order valence-electron chi connectivity index (χ0n) is 13.1. The van der Waals surface area contributed by atoms with Crippen LogP contribution in [-0.4, -0.2) is 36.3 Å². The zero-order valence-corrected chi connectivity index (χ0v) is 13.1. The average molecular weight is 291 g/mol. The maximum atomic E-state index is 11.9. The van der Waals surface area contributed by atoms with E-state index in [1.165, 1.54) is 5.56 Å². The number of aromatic nitrogens is 1. The highest BCUT2D eigenvalue weighted by Crippen LogP contribution is 2.32. The highest BCUT2D eigenvalue weighted by atomic mass is 16.6. The molecular formula is C16H25N3O2. The van der Waals surface area contributed by atoms with E-state index in [2.05, 4.69) is 15.6 Å². The number of nitrogens with one attached hydrogen (secondary N) is 2. The molecule has 0 saturated carbocycles. The van der Waals surface area contributed by atoms with Crippen molar-refractivity contribution < 1.29 is 9.53 Å². The van der Waals surface area contributed by atoms with Gasteiger partial charge in [-0.2, -0.15) is 0 Å². The Morgan fingerprint density at radius 2 is 1.95 bits per heavy atom. The molecule has 116 valence electrons. The van der Waals surface area contributed by atoms with Gasteiger partial charge in [0.05, 0.1) is 0 Å². The van der Waals surface area contributed by atoms with Gasteiger partial charge in [-0.1, -0.05) is 0 Å². The largest absolute Gasteiger partial charge is 0.444 e. The summed E-state index contributed by atoms with van der Waals surface area (Å²) in [5, 5.41) is 6.31. The van der Waals surface area contributed by atoms with E-state index >= 15 is 0 Å². The molecule has 2 heterocycles. The van der Waals surface area contributed by atoms with Gasteiger partial charge in [0.25, 0.3) is 0 Å². The summed E-state index contributed by atoms with van der Waals surface area (Å²) in [6, 6.07) is 4.09. The molecule has 0 unspecified atom stereocenters. The summed E-state index contributed by atoms with van der Waals surface area (Å²) in [5.74, 6) is 0. The van der Waals surface area contributed by atoms with Crippen LogP contribution in [0.15, 0.2) is 24.5 Å². The van der Waals surface area contributed by atoms with Crippen molar-refractivity contribution in [3.8, 4) is 0 Å². The Balaban J connectivity index is 2.06. The molecule has 1 aliphatic rings. The average Bonchev–Trinajstić information content (AvgIpc) is 2.45. The third kappa shape index (κ3) is 4.43. The van der Waals surface area contributed by atoms with Gasteiger partial charge in [0.1, 0.15) is 5.60 Å². The third-order valence-corrected chi connectivity index (χ3v) is 3.82. The van der Waals surface area contributed by atoms with Crippen LogP contribution in [0.3, 0.4) is 0 Å². The molecule has 0 bridgehead atoms. The lowest BCUT2D eigenvalue weighted by molar-refractivity contribution is 0.0509. The number of hydrogen-bond acceptors (Lipinski definition) is 4. The van der Waals surface area contributed by atoms with Crippen LogP contribution in [0.2, 0.25) is 0 Å². The smallest absolute Gasteiger partial charge is 0.407 e. The van der Waals surface area contributed by atoms with Crippen molar-refractivity contribution in [3.05, 3.63) is 30.1 Å². The topological polar surface area (TPSA) is 63.2 Å². The molecule has 1 aromatic rings. The van der Waals surface area contributed by atoms with Gasteiger partial charge in [-0.15, -0.1) is 0 Å². The second-order valence-corrected chi connectivity index (χ2v) is 6.62. The fraction of sp³-hybridized carbons (Fsp3) is 0.625. The van der Waals surface area contributed by atoms with Crippen molar-refractivity contribution in [2.75, 3.05) is 19.6 Å². The quantitative estimate of drug-likeness (QED) is 0.896. The first-order valence-electron chi connectivity index (χ1n) is 7.49. The predicted octanol–water partition coefficient (Wildman–Crippen LogP) is 2.23. The first-order valence-corrected chi connectivity index (χ1v) is 7.49. The second kappa shape index (κ2) is 6.43. The molecule has 1 saturated heterocycles. The van der Waals surface area contributed by atoms with Gasteiger partial charge in [-0.3, -0.25) is 4.98 Å². The van der Waals surface area contributed by atoms with Gasteiger partial charge in [-0.05, 0) is 64.4 Å². The molecule has 1 aromatic heterocycles. The number of carbonyl (C=O) groups excluding carboxylic acids is 1. The predicted molar refractivity (Wildman–Crippen MR) is 82.3 cm³/mol. The number of amides is 1. The number of ether oxygens (including phenoxy) is 1. The molecule has 5 heteroatoms.